The Balaban J connectivity index is 1.83. The number of amidine groups is 1. The minimum absolute atomic E-state index is 0.217. The number of anilines is 1. The quantitative estimate of drug-likeness (QED) is 0.506. The van der Waals surface area contributed by atoms with Gasteiger partial charge in [0.2, 0.25) is 0 Å². The van der Waals surface area contributed by atoms with E-state index in [1.165, 1.54) is 0 Å². The van der Waals surface area contributed by atoms with E-state index in [4.69, 9.17) is 22.2 Å². The smallest absolute Gasteiger partial charge is 0.265 e. The lowest BCUT2D eigenvalue weighted by atomic mass is 10.2. The summed E-state index contributed by atoms with van der Waals surface area (Å²) in [6.45, 7) is -0.226. The highest BCUT2D eigenvalue weighted by Gasteiger charge is 2.03. The van der Waals surface area contributed by atoms with E-state index in [9.17, 15) is 4.79 Å². The molecule has 6 heteroatoms. The van der Waals surface area contributed by atoms with Crippen LogP contribution >= 0.6 is 11.6 Å². The number of hydrogen-bond donors (Lipinski definition) is 2. The molecule has 0 spiro atoms. The fourth-order valence-electron chi connectivity index (χ4n) is 1.55. The number of benzene rings is 2. The molecule has 2 aromatic rings. The molecular formula is C15H14ClN3O2. The van der Waals surface area contributed by atoms with Crippen LogP contribution in [0.5, 0.6) is 0 Å². The second kappa shape index (κ2) is 7.31. The molecule has 2 aromatic carbocycles. The van der Waals surface area contributed by atoms with Gasteiger partial charge in [-0.2, -0.15) is 0 Å². The van der Waals surface area contributed by atoms with E-state index in [2.05, 4.69) is 10.5 Å². The molecule has 0 radical (unpaired) electrons. The van der Waals surface area contributed by atoms with Crippen molar-refractivity contribution < 1.29 is 9.63 Å². The third-order valence-electron chi connectivity index (χ3n) is 2.56. The highest BCUT2D eigenvalue weighted by molar-refractivity contribution is 6.30. The van der Waals surface area contributed by atoms with E-state index in [0.717, 1.165) is 5.56 Å². The van der Waals surface area contributed by atoms with Gasteiger partial charge in [-0.1, -0.05) is 47.1 Å². The summed E-state index contributed by atoms with van der Waals surface area (Å²) in [4.78, 5) is 16.6. The summed E-state index contributed by atoms with van der Waals surface area (Å²) >= 11 is 5.76. The molecule has 0 aliphatic heterocycles. The Morgan fingerprint density at radius 1 is 1.14 bits per heavy atom. The fraction of sp³-hybridized carbons (Fsp3) is 0.0667. The number of carbonyl (C=O) groups is 1. The zero-order valence-electron chi connectivity index (χ0n) is 11.1. The summed E-state index contributed by atoms with van der Waals surface area (Å²) in [5, 5.41) is 6.95. The van der Waals surface area contributed by atoms with Gasteiger partial charge < -0.3 is 15.9 Å². The van der Waals surface area contributed by atoms with E-state index in [1.54, 1.807) is 36.4 Å². The maximum atomic E-state index is 11.6. The molecule has 21 heavy (non-hydrogen) atoms. The van der Waals surface area contributed by atoms with Crippen LogP contribution in [0.3, 0.4) is 0 Å². The molecule has 0 heterocycles. The monoisotopic (exact) mass is 303 g/mol. The fourth-order valence-corrected chi connectivity index (χ4v) is 1.68. The van der Waals surface area contributed by atoms with Gasteiger partial charge in [-0.05, 0) is 24.3 Å². The van der Waals surface area contributed by atoms with Crippen LogP contribution in [0.4, 0.5) is 5.69 Å². The van der Waals surface area contributed by atoms with Gasteiger partial charge in [0.05, 0.1) is 0 Å². The van der Waals surface area contributed by atoms with Crippen LogP contribution < -0.4 is 11.1 Å². The molecule has 0 saturated carbocycles. The molecule has 0 atom stereocenters. The minimum atomic E-state index is -0.332. The van der Waals surface area contributed by atoms with E-state index in [1.807, 2.05) is 18.2 Å². The maximum absolute atomic E-state index is 11.6. The summed E-state index contributed by atoms with van der Waals surface area (Å²) in [5.74, 6) is -0.114. The zero-order chi connectivity index (χ0) is 15.1. The number of rotatable bonds is 5. The Morgan fingerprint density at radius 3 is 2.48 bits per heavy atom. The summed E-state index contributed by atoms with van der Waals surface area (Å²) in [5.41, 5.74) is 7.09. The molecule has 2 rings (SSSR count). The third-order valence-corrected chi connectivity index (χ3v) is 2.81. The molecule has 5 nitrogen and oxygen atoms in total. The number of halogens is 1. The molecule has 0 saturated heterocycles. The predicted octanol–water partition coefficient (Wildman–Crippen LogP) is 2.62. The Hall–Kier alpha value is -2.53. The lowest BCUT2D eigenvalue weighted by Crippen LogP contribution is -2.19. The molecule has 0 aliphatic carbocycles. The summed E-state index contributed by atoms with van der Waals surface area (Å²) in [7, 11) is 0. The molecule has 0 fully saturated rings. The van der Waals surface area contributed by atoms with Crippen LogP contribution in [0.2, 0.25) is 5.02 Å². The van der Waals surface area contributed by atoms with Gasteiger partial charge in [-0.25, -0.2) is 0 Å². The average Bonchev–Trinajstić information content (AvgIpc) is 2.50. The minimum Gasteiger partial charge on any atom is -0.384 e. The van der Waals surface area contributed by atoms with Crippen LogP contribution in [-0.2, 0) is 9.63 Å². The Morgan fingerprint density at radius 2 is 1.81 bits per heavy atom. The van der Waals surface area contributed by atoms with Crippen molar-refractivity contribution in [1.29, 1.82) is 0 Å². The predicted molar refractivity (Wildman–Crippen MR) is 83.2 cm³/mol. The van der Waals surface area contributed by atoms with Gasteiger partial charge in [-0.3, -0.25) is 4.79 Å². The van der Waals surface area contributed by atoms with Crippen LogP contribution in [0.1, 0.15) is 5.56 Å². The molecule has 3 N–H and O–H groups in total. The van der Waals surface area contributed by atoms with Crippen LogP contribution in [0.25, 0.3) is 0 Å². The molecule has 0 unspecified atom stereocenters. The van der Waals surface area contributed by atoms with E-state index >= 15 is 0 Å². The van der Waals surface area contributed by atoms with Gasteiger partial charge in [0, 0.05) is 16.3 Å². The number of nitrogens with zero attached hydrogens (tertiary/aromatic N) is 1. The van der Waals surface area contributed by atoms with Crippen molar-refractivity contribution in [3.05, 3.63) is 65.2 Å². The Labute approximate surface area is 127 Å². The first kappa shape index (κ1) is 14.9. The standard InChI is InChI=1S/C15H14ClN3O2/c16-12-6-8-13(9-7-12)18-14(20)10-21-19-15(17)11-4-2-1-3-5-11/h1-9H,10H2,(H2,17,19)(H,18,20). The number of nitrogens with two attached hydrogens (primary N) is 1. The topological polar surface area (TPSA) is 76.7 Å². The first-order chi connectivity index (χ1) is 10.1. The number of oxime groups is 1. The molecule has 0 aromatic heterocycles. The van der Waals surface area contributed by atoms with Crippen molar-refractivity contribution in [2.45, 2.75) is 0 Å². The first-order valence-electron chi connectivity index (χ1n) is 6.21. The highest BCUT2D eigenvalue weighted by Crippen LogP contribution is 2.13. The second-order valence-corrected chi connectivity index (χ2v) is 4.61. The molecular weight excluding hydrogens is 290 g/mol. The highest BCUT2D eigenvalue weighted by atomic mass is 35.5. The zero-order valence-corrected chi connectivity index (χ0v) is 11.9. The van der Waals surface area contributed by atoms with Gasteiger partial charge in [0.1, 0.15) is 0 Å². The van der Waals surface area contributed by atoms with Crippen molar-refractivity contribution in [1.82, 2.24) is 0 Å². The molecule has 0 bridgehead atoms. The summed E-state index contributed by atoms with van der Waals surface area (Å²) in [6.07, 6.45) is 0. The Bertz CT molecular complexity index is 627. The third kappa shape index (κ3) is 4.81. The maximum Gasteiger partial charge on any atom is 0.265 e. The number of amides is 1. The van der Waals surface area contributed by atoms with Gasteiger partial charge in [0.25, 0.3) is 5.91 Å². The van der Waals surface area contributed by atoms with Crippen LogP contribution in [-0.4, -0.2) is 18.3 Å². The average molecular weight is 304 g/mol. The number of carbonyl (C=O) groups excluding carboxylic acids is 1. The van der Waals surface area contributed by atoms with E-state index in [0.29, 0.717) is 10.7 Å². The lowest BCUT2D eigenvalue weighted by molar-refractivity contribution is -0.120. The number of hydrogen-bond acceptors (Lipinski definition) is 3. The molecule has 1 amide bonds. The first-order valence-corrected chi connectivity index (χ1v) is 6.59. The molecule has 0 aliphatic rings. The second-order valence-electron chi connectivity index (χ2n) is 4.17. The molecule has 108 valence electrons. The van der Waals surface area contributed by atoms with Crippen molar-refractivity contribution >= 4 is 29.0 Å². The normalized spacial score (nSPS) is 11.0. The van der Waals surface area contributed by atoms with Crippen molar-refractivity contribution in [2.75, 3.05) is 11.9 Å². The van der Waals surface area contributed by atoms with Crippen molar-refractivity contribution in [3.8, 4) is 0 Å². The van der Waals surface area contributed by atoms with Crippen molar-refractivity contribution in [2.24, 2.45) is 10.9 Å². The SMILES string of the molecule is N/C(=N/OCC(=O)Nc1ccc(Cl)cc1)c1ccccc1. The van der Waals surface area contributed by atoms with Gasteiger partial charge in [-0.15, -0.1) is 0 Å². The van der Waals surface area contributed by atoms with Gasteiger partial charge >= 0.3 is 0 Å². The number of nitrogens with one attached hydrogen (secondary N) is 1. The van der Waals surface area contributed by atoms with Gasteiger partial charge in [0.15, 0.2) is 12.4 Å². The van der Waals surface area contributed by atoms with Crippen LogP contribution in [0.15, 0.2) is 59.8 Å². The lowest BCUT2D eigenvalue weighted by Gasteiger charge is -2.05. The van der Waals surface area contributed by atoms with Crippen LogP contribution in [0, 0.1) is 0 Å². The van der Waals surface area contributed by atoms with Crippen molar-refractivity contribution in [3.63, 3.8) is 0 Å². The summed E-state index contributed by atoms with van der Waals surface area (Å²) < 4.78 is 0. The Kier molecular flexibility index (Phi) is 5.17. The van der Waals surface area contributed by atoms with E-state index < -0.39 is 0 Å². The largest absolute Gasteiger partial charge is 0.384 e. The van der Waals surface area contributed by atoms with E-state index in [-0.39, 0.29) is 18.3 Å². The summed E-state index contributed by atoms with van der Waals surface area (Å²) in [6, 6.07) is 15.9.